The predicted molar refractivity (Wildman–Crippen MR) is 103 cm³/mol. The van der Waals surface area contributed by atoms with Crippen LogP contribution < -0.4 is 10.1 Å². The Morgan fingerprint density at radius 3 is 2.56 bits per heavy atom. The van der Waals surface area contributed by atoms with E-state index < -0.39 is 6.10 Å². The number of benzene rings is 2. The summed E-state index contributed by atoms with van der Waals surface area (Å²) in [5.41, 5.74) is 1.63. The van der Waals surface area contributed by atoms with Gasteiger partial charge in [-0.05, 0) is 61.3 Å². The number of phenolic OH excluding ortho intramolecular Hbond substituents is 1. The number of phenols is 1. The van der Waals surface area contributed by atoms with Crippen LogP contribution in [0.2, 0.25) is 0 Å². The second-order valence-electron chi connectivity index (χ2n) is 6.92. The normalized spacial score (nSPS) is 20.7. The van der Waals surface area contributed by atoms with Crippen LogP contribution in [0.5, 0.6) is 11.5 Å². The number of aliphatic hydroxyl groups excluding tert-OH is 1. The van der Waals surface area contributed by atoms with Crippen molar-refractivity contribution in [2.45, 2.75) is 31.5 Å². The molecule has 2 unspecified atom stereocenters. The molecule has 1 heterocycles. The van der Waals surface area contributed by atoms with Gasteiger partial charge in [-0.25, -0.2) is 0 Å². The number of carbonyl (C=O) groups is 1. The molecular weight excluding hydrogens is 344 g/mol. The third kappa shape index (κ3) is 5.21. The SMILES string of the molecule is COc1ccc(CN2CCCC(O)C(NC(=O)c3ccc(O)cc3)C2)cc1. The molecule has 1 fully saturated rings. The molecule has 0 saturated carbocycles. The number of nitrogens with one attached hydrogen (secondary N) is 1. The largest absolute Gasteiger partial charge is 0.508 e. The highest BCUT2D eigenvalue weighted by Gasteiger charge is 2.27. The first-order valence-electron chi connectivity index (χ1n) is 9.18. The molecule has 0 aromatic heterocycles. The van der Waals surface area contributed by atoms with Crippen molar-refractivity contribution in [2.24, 2.45) is 0 Å². The zero-order valence-electron chi connectivity index (χ0n) is 15.5. The Hall–Kier alpha value is -2.57. The van der Waals surface area contributed by atoms with Crippen molar-refractivity contribution in [3.05, 3.63) is 59.7 Å². The van der Waals surface area contributed by atoms with Crippen molar-refractivity contribution < 1.29 is 19.7 Å². The number of amides is 1. The van der Waals surface area contributed by atoms with Crippen molar-refractivity contribution in [1.29, 1.82) is 0 Å². The zero-order valence-corrected chi connectivity index (χ0v) is 15.5. The van der Waals surface area contributed by atoms with E-state index in [1.54, 1.807) is 19.2 Å². The lowest BCUT2D eigenvalue weighted by molar-refractivity contribution is 0.0798. The van der Waals surface area contributed by atoms with Crippen molar-refractivity contribution in [3.8, 4) is 11.5 Å². The van der Waals surface area contributed by atoms with Gasteiger partial charge in [-0.3, -0.25) is 9.69 Å². The van der Waals surface area contributed by atoms with Gasteiger partial charge in [0, 0.05) is 18.7 Å². The topological polar surface area (TPSA) is 82.0 Å². The van der Waals surface area contributed by atoms with E-state index in [9.17, 15) is 15.0 Å². The van der Waals surface area contributed by atoms with E-state index in [4.69, 9.17) is 4.74 Å². The molecule has 144 valence electrons. The second-order valence-corrected chi connectivity index (χ2v) is 6.92. The Balaban J connectivity index is 1.64. The van der Waals surface area contributed by atoms with Crippen molar-refractivity contribution in [3.63, 3.8) is 0 Å². The number of methoxy groups -OCH3 is 1. The summed E-state index contributed by atoms with van der Waals surface area (Å²) in [6.45, 7) is 2.20. The van der Waals surface area contributed by atoms with E-state index in [1.807, 2.05) is 24.3 Å². The van der Waals surface area contributed by atoms with Crippen LogP contribution in [0.3, 0.4) is 0 Å². The molecular formula is C21H26N2O4. The monoisotopic (exact) mass is 370 g/mol. The minimum atomic E-state index is -0.577. The number of likely N-dealkylation sites (tertiary alicyclic amines) is 1. The number of nitrogens with zero attached hydrogens (tertiary/aromatic N) is 1. The molecule has 6 nitrogen and oxygen atoms in total. The third-order valence-electron chi connectivity index (χ3n) is 4.90. The smallest absolute Gasteiger partial charge is 0.251 e. The number of ether oxygens (including phenoxy) is 1. The van der Waals surface area contributed by atoms with Crippen LogP contribution in [0.25, 0.3) is 0 Å². The van der Waals surface area contributed by atoms with Gasteiger partial charge in [0.1, 0.15) is 11.5 Å². The lowest BCUT2D eigenvalue weighted by Gasteiger charge is -2.27. The van der Waals surface area contributed by atoms with Gasteiger partial charge >= 0.3 is 0 Å². The molecule has 1 aliphatic rings. The molecule has 3 rings (SSSR count). The molecule has 27 heavy (non-hydrogen) atoms. The van der Waals surface area contributed by atoms with Gasteiger partial charge in [0.2, 0.25) is 0 Å². The first kappa shape index (κ1) is 19.2. The Morgan fingerprint density at radius 2 is 1.89 bits per heavy atom. The highest BCUT2D eigenvalue weighted by molar-refractivity contribution is 5.94. The van der Waals surface area contributed by atoms with Crippen LogP contribution in [0.15, 0.2) is 48.5 Å². The highest BCUT2D eigenvalue weighted by atomic mass is 16.5. The van der Waals surface area contributed by atoms with Gasteiger partial charge < -0.3 is 20.3 Å². The van der Waals surface area contributed by atoms with E-state index >= 15 is 0 Å². The Morgan fingerprint density at radius 1 is 1.19 bits per heavy atom. The average Bonchev–Trinajstić information content (AvgIpc) is 2.84. The van der Waals surface area contributed by atoms with Crippen LogP contribution in [0, 0.1) is 0 Å². The van der Waals surface area contributed by atoms with Gasteiger partial charge in [0.15, 0.2) is 0 Å². The summed E-state index contributed by atoms with van der Waals surface area (Å²) in [7, 11) is 1.65. The molecule has 0 spiro atoms. The number of hydrogen-bond acceptors (Lipinski definition) is 5. The molecule has 0 radical (unpaired) electrons. The summed E-state index contributed by atoms with van der Waals surface area (Å²) in [6, 6.07) is 13.7. The second kappa shape index (κ2) is 8.88. The summed E-state index contributed by atoms with van der Waals surface area (Å²) in [6.07, 6.45) is 0.953. The first-order chi connectivity index (χ1) is 13.0. The average molecular weight is 370 g/mol. The molecule has 1 amide bonds. The summed E-state index contributed by atoms with van der Waals surface area (Å²) < 4.78 is 5.19. The van der Waals surface area contributed by atoms with Gasteiger partial charge in [0.25, 0.3) is 5.91 Å². The van der Waals surface area contributed by atoms with Crippen LogP contribution in [0.1, 0.15) is 28.8 Å². The number of rotatable bonds is 5. The molecule has 3 N–H and O–H groups in total. The van der Waals surface area contributed by atoms with E-state index in [0.29, 0.717) is 18.5 Å². The summed E-state index contributed by atoms with van der Waals surface area (Å²) in [5.74, 6) is 0.696. The zero-order chi connectivity index (χ0) is 19.2. The van der Waals surface area contributed by atoms with Gasteiger partial charge in [-0.2, -0.15) is 0 Å². The van der Waals surface area contributed by atoms with Crippen molar-refractivity contribution >= 4 is 5.91 Å². The fourth-order valence-electron chi connectivity index (χ4n) is 3.36. The van der Waals surface area contributed by atoms with Crippen molar-refractivity contribution in [1.82, 2.24) is 10.2 Å². The maximum Gasteiger partial charge on any atom is 0.251 e. The molecule has 2 aromatic carbocycles. The summed E-state index contributed by atoms with van der Waals surface area (Å²) in [4.78, 5) is 14.7. The quantitative estimate of drug-likeness (QED) is 0.751. The number of aromatic hydroxyl groups is 1. The van der Waals surface area contributed by atoms with E-state index in [2.05, 4.69) is 10.2 Å². The highest BCUT2D eigenvalue weighted by Crippen LogP contribution is 2.18. The summed E-state index contributed by atoms with van der Waals surface area (Å²) >= 11 is 0. The minimum absolute atomic E-state index is 0.117. The Kier molecular flexibility index (Phi) is 6.32. The van der Waals surface area contributed by atoms with Gasteiger partial charge in [0.05, 0.1) is 19.3 Å². The third-order valence-corrected chi connectivity index (χ3v) is 4.90. The number of aliphatic hydroxyl groups is 1. The number of carbonyl (C=O) groups excluding carboxylic acids is 1. The standard InChI is InChI=1S/C21H26N2O4/c1-27-18-10-4-15(5-11-18)13-23-12-2-3-20(25)19(14-23)22-21(26)16-6-8-17(24)9-7-16/h4-11,19-20,24-25H,2-3,12-14H2,1H3,(H,22,26). The Labute approximate surface area is 159 Å². The molecule has 1 aliphatic heterocycles. The van der Waals surface area contributed by atoms with Crippen LogP contribution in [-0.4, -0.2) is 53.4 Å². The van der Waals surface area contributed by atoms with Gasteiger partial charge in [-0.1, -0.05) is 12.1 Å². The first-order valence-corrected chi connectivity index (χ1v) is 9.18. The summed E-state index contributed by atoms with van der Waals surface area (Å²) in [5, 5.41) is 22.7. The maximum atomic E-state index is 12.5. The fourth-order valence-corrected chi connectivity index (χ4v) is 3.36. The minimum Gasteiger partial charge on any atom is -0.508 e. The predicted octanol–water partition coefficient (Wildman–Crippen LogP) is 2.16. The van der Waals surface area contributed by atoms with Gasteiger partial charge in [-0.15, -0.1) is 0 Å². The lowest BCUT2D eigenvalue weighted by atomic mass is 10.1. The van der Waals surface area contributed by atoms with E-state index in [0.717, 1.165) is 30.8 Å². The molecule has 6 heteroatoms. The molecule has 2 atom stereocenters. The van der Waals surface area contributed by atoms with Crippen LogP contribution in [-0.2, 0) is 6.54 Å². The van der Waals surface area contributed by atoms with E-state index in [-0.39, 0.29) is 17.7 Å². The van der Waals surface area contributed by atoms with Crippen molar-refractivity contribution in [2.75, 3.05) is 20.2 Å². The molecule has 0 bridgehead atoms. The van der Waals surface area contributed by atoms with Crippen LogP contribution >= 0.6 is 0 Å². The molecule has 0 aliphatic carbocycles. The number of hydrogen-bond donors (Lipinski definition) is 3. The Bertz CT molecular complexity index is 746. The molecule has 1 saturated heterocycles. The molecule has 2 aromatic rings. The maximum absolute atomic E-state index is 12.5. The van der Waals surface area contributed by atoms with E-state index in [1.165, 1.54) is 12.1 Å². The fraction of sp³-hybridized carbons (Fsp3) is 0.381. The lowest BCUT2D eigenvalue weighted by Crippen LogP contribution is -2.48. The van der Waals surface area contributed by atoms with Crippen LogP contribution in [0.4, 0.5) is 0 Å².